The Bertz CT molecular complexity index is 556. The lowest BCUT2D eigenvalue weighted by Crippen LogP contribution is -2.32. The first-order chi connectivity index (χ1) is 10.3. The molecule has 0 atom stereocenters. The van der Waals surface area contributed by atoms with E-state index in [4.69, 9.17) is 9.73 Å². The largest absolute Gasteiger partial charge is 0.381 e. The van der Waals surface area contributed by atoms with Gasteiger partial charge in [-0.15, -0.1) is 0 Å². The molecule has 2 aromatic rings. The van der Waals surface area contributed by atoms with E-state index in [1.54, 1.807) is 0 Å². The highest BCUT2D eigenvalue weighted by molar-refractivity contribution is 6.13. The fraction of sp³-hybridized carbons (Fsp3) is 0.316. The molecule has 0 aromatic heterocycles. The number of nitrogens with zero attached hydrogens (tertiary/aromatic N) is 1. The van der Waals surface area contributed by atoms with Gasteiger partial charge < -0.3 is 4.74 Å². The summed E-state index contributed by atoms with van der Waals surface area (Å²) >= 11 is 0. The van der Waals surface area contributed by atoms with E-state index in [-0.39, 0.29) is 5.54 Å². The number of hydrogen-bond donors (Lipinski definition) is 0. The topological polar surface area (TPSA) is 21.6 Å². The lowest BCUT2D eigenvalue weighted by molar-refractivity contribution is 0.0603. The zero-order chi connectivity index (χ0) is 14.5. The molecule has 108 valence electrons. The predicted octanol–water partition coefficient (Wildman–Crippen LogP) is 4.09. The summed E-state index contributed by atoms with van der Waals surface area (Å²) in [6, 6.07) is 20.9. The minimum absolute atomic E-state index is 0.0285. The molecule has 0 spiro atoms. The molecule has 1 aliphatic rings. The van der Waals surface area contributed by atoms with E-state index in [2.05, 4.69) is 55.5 Å². The van der Waals surface area contributed by atoms with Crippen LogP contribution in [0.3, 0.4) is 0 Å². The quantitative estimate of drug-likeness (QED) is 0.613. The number of rotatable bonds is 3. The van der Waals surface area contributed by atoms with Crippen molar-refractivity contribution in [1.29, 1.82) is 0 Å². The Kier molecular flexibility index (Phi) is 4.16. The number of aliphatic imine (C=N–C) groups is 1. The van der Waals surface area contributed by atoms with Crippen LogP contribution in [0.1, 0.15) is 30.9 Å². The summed E-state index contributed by atoms with van der Waals surface area (Å²) in [5.74, 6) is 0. The van der Waals surface area contributed by atoms with E-state index in [9.17, 15) is 0 Å². The number of hydrogen-bond acceptors (Lipinski definition) is 2. The molecule has 0 aliphatic carbocycles. The molecule has 1 heterocycles. The van der Waals surface area contributed by atoms with E-state index in [0.717, 1.165) is 31.8 Å². The molecule has 0 radical (unpaired) electrons. The van der Waals surface area contributed by atoms with Crippen molar-refractivity contribution in [3.63, 3.8) is 0 Å². The van der Waals surface area contributed by atoms with Crippen LogP contribution < -0.4 is 0 Å². The Morgan fingerprint density at radius 1 is 0.857 bits per heavy atom. The second-order valence-electron chi connectivity index (χ2n) is 5.80. The van der Waals surface area contributed by atoms with Gasteiger partial charge in [0.25, 0.3) is 0 Å². The minimum atomic E-state index is -0.0285. The lowest BCUT2D eigenvalue weighted by Gasteiger charge is -2.31. The monoisotopic (exact) mass is 280 g/mol. The maximum absolute atomic E-state index is 5.49. The van der Waals surface area contributed by atoms with Gasteiger partial charge >= 0.3 is 0 Å². The standard InChI is InChI=1S/C19H21NO/c1-19(12-14-21-15-13-19)20-18(16-8-4-2-5-9-16)17-10-6-3-7-11-17/h2-11H,12-15H2,1H3/i20+1. The van der Waals surface area contributed by atoms with Crippen molar-refractivity contribution in [2.75, 3.05) is 13.2 Å². The van der Waals surface area contributed by atoms with Gasteiger partial charge in [0.2, 0.25) is 0 Å². The van der Waals surface area contributed by atoms with Gasteiger partial charge in [-0.05, 0) is 19.8 Å². The van der Waals surface area contributed by atoms with Crippen LogP contribution in [-0.2, 0) is 4.74 Å². The van der Waals surface area contributed by atoms with Crippen molar-refractivity contribution in [2.24, 2.45) is 4.99 Å². The molecule has 0 amide bonds. The van der Waals surface area contributed by atoms with Crippen molar-refractivity contribution in [3.05, 3.63) is 71.8 Å². The average molecular weight is 280 g/mol. The van der Waals surface area contributed by atoms with Gasteiger partial charge in [-0.1, -0.05) is 60.7 Å². The van der Waals surface area contributed by atoms with Gasteiger partial charge in [0, 0.05) is 24.3 Å². The number of ether oxygens (including phenoxy) is 1. The van der Waals surface area contributed by atoms with Crippen molar-refractivity contribution in [1.82, 2.24) is 0 Å². The maximum atomic E-state index is 5.49. The molecule has 0 bridgehead atoms. The maximum Gasteiger partial charge on any atom is 0.0725 e. The summed E-state index contributed by atoms with van der Waals surface area (Å²) in [7, 11) is 0. The zero-order valence-electron chi connectivity index (χ0n) is 12.5. The smallest absolute Gasteiger partial charge is 0.0725 e. The van der Waals surface area contributed by atoms with Crippen LogP contribution in [0.15, 0.2) is 65.7 Å². The van der Waals surface area contributed by atoms with Gasteiger partial charge in [-0.3, -0.25) is 4.99 Å². The third-order valence-electron chi connectivity index (χ3n) is 4.05. The van der Waals surface area contributed by atoms with Crippen LogP contribution in [0.2, 0.25) is 0 Å². The fourth-order valence-electron chi connectivity index (χ4n) is 2.68. The van der Waals surface area contributed by atoms with Crippen LogP contribution >= 0.6 is 0 Å². The Morgan fingerprint density at radius 2 is 1.33 bits per heavy atom. The molecule has 0 unspecified atom stereocenters. The summed E-state index contributed by atoms with van der Waals surface area (Å²) < 4.78 is 5.49. The van der Waals surface area contributed by atoms with Gasteiger partial charge in [-0.25, -0.2) is 0 Å². The fourth-order valence-corrected chi connectivity index (χ4v) is 2.68. The van der Waals surface area contributed by atoms with E-state index in [1.807, 2.05) is 12.1 Å². The first kappa shape index (κ1) is 14.0. The summed E-state index contributed by atoms with van der Waals surface area (Å²) in [5.41, 5.74) is 3.41. The lowest BCUT2D eigenvalue weighted by atomic mass is 9.94. The van der Waals surface area contributed by atoms with E-state index in [1.165, 1.54) is 11.1 Å². The van der Waals surface area contributed by atoms with Crippen molar-refractivity contribution in [3.8, 4) is 0 Å². The predicted molar refractivity (Wildman–Crippen MR) is 87.0 cm³/mol. The molecular formula is C19H21NO. The van der Waals surface area contributed by atoms with Crippen LogP contribution in [0.5, 0.6) is 0 Å². The zero-order valence-corrected chi connectivity index (χ0v) is 12.5. The van der Waals surface area contributed by atoms with Crippen LogP contribution in [-0.4, -0.2) is 24.5 Å². The normalized spacial score (nSPS) is 17.2. The van der Waals surface area contributed by atoms with Crippen LogP contribution in [0, 0.1) is 0 Å². The third kappa shape index (κ3) is 3.40. The highest BCUT2D eigenvalue weighted by atomic mass is 16.5. The molecule has 0 N–H and O–H groups in total. The molecule has 2 nitrogen and oxygen atoms in total. The molecule has 1 fully saturated rings. The van der Waals surface area contributed by atoms with E-state index in [0.29, 0.717) is 0 Å². The van der Waals surface area contributed by atoms with Crippen molar-refractivity contribution < 1.29 is 4.74 Å². The second-order valence-corrected chi connectivity index (χ2v) is 5.80. The van der Waals surface area contributed by atoms with Crippen LogP contribution in [0.4, 0.5) is 0 Å². The highest BCUT2D eigenvalue weighted by Crippen LogP contribution is 2.26. The Balaban J connectivity index is 2.04. The van der Waals surface area contributed by atoms with Gasteiger partial charge in [-0.2, -0.15) is 0 Å². The molecule has 3 rings (SSSR count). The molecule has 2 aromatic carbocycles. The van der Waals surface area contributed by atoms with Gasteiger partial charge in [0.15, 0.2) is 0 Å². The Labute approximate surface area is 126 Å². The first-order valence-corrected chi connectivity index (χ1v) is 7.55. The molecule has 0 saturated carbocycles. The SMILES string of the molecule is CC1([15N]=C(c2ccccc2)c2ccccc2)CCOCC1. The minimum Gasteiger partial charge on any atom is -0.381 e. The van der Waals surface area contributed by atoms with Gasteiger partial charge in [0.05, 0.1) is 11.3 Å². The molecule has 2 heteroatoms. The van der Waals surface area contributed by atoms with Crippen LogP contribution in [0.25, 0.3) is 0 Å². The Hall–Kier alpha value is -1.93. The highest BCUT2D eigenvalue weighted by Gasteiger charge is 2.27. The van der Waals surface area contributed by atoms with E-state index >= 15 is 0 Å². The molecule has 1 saturated heterocycles. The first-order valence-electron chi connectivity index (χ1n) is 7.55. The summed E-state index contributed by atoms with van der Waals surface area (Å²) in [6.45, 7) is 3.84. The van der Waals surface area contributed by atoms with Gasteiger partial charge in [0.1, 0.15) is 0 Å². The molecular weight excluding hydrogens is 259 g/mol. The Morgan fingerprint density at radius 3 is 1.81 bits per heavy atom. The third-order valence-corrected chi connectivity index (χ3v) is 4.05. The average Bonchev–Trinajstić information content (AvgIpc) is 2.55. The summed E-state index contributed by atoms with van der Waals surface area (Å²) in [6.07, 6.45) is 1.96. The number of benzene rings is 2. The molecule has 21 heavy (non-hydrogen) atoms. The second kappa shape index (κ2) is 6.23. The summed E-state index contributed by atoms with van der Waals surface area (Å²) in [4.78, 5) is 5.14. The summed E-state index contributed by atoms with van der Waals surface area (Å²) in [5, 5.41) is 0. The molecule has 1 aliphatic heterocycles. The van der Waals surface area contributed by atoms with Crippen molar-refractivity contribution in [2.45, 2.75) is 25.3 Å². The van der Waals surface area contributed by atoms with E-state index < -0.39 is 0 Å². The van der Waals surface area contributed by atoms with Crippen molar-refractivity contribution >= 4 is 5.71 Å².